The van der Waals surface area contributed by atoms with Crippen molar-refractivity contribution in [3.8, 4) is 0 Å². The molecule has 0 unspecified atom stereocenters. The van der Waals surface area contributed by atoms with E-state index in [1.807, 2.05) is 50.9 Å². The highest BCUT2D eigenvalue weighted by Gasteiger charge is 2.27. The molecule has 1 N–H and O–H groups in total. The zero-order chi connectivity index (χ0) is 13.2. The summed E-state index contributed by atoms with van der Waals surface area (Å²) < 4.78 is 0.996. The smallest absolute Gasteiger partial charge is 0.305 e. The Labute approximate surface area is 111 Å². The van der Waals surface area contributed by atoms with Crippen LogP contribution in [0.5, 0.6) is 0 Å². The summed E-state index contributed by atoms with van der Waals surface area (Å²) >= 11 is 3.44. The highest BCUT2D eigenvalue weighted by molar-refractivity contribution is 9.10. The maximum Gasteiger partial charge on any atom is 0.305 e. The van der Waals surface area contributed by atoms with Crippen molar-refractivity contribution in [1.29, 1.82) is 0 Å². The molecule has 0 fully saturated rings. The number of halogens is 1. The summed E-state index contributed by atoms with van der Waals surface area (Å²) in [6.45, 7) is 5.89. The van der Waals surface area contributed by atoms with Gasteiger partial charge in [-0.3, -0.25) is 4.79 Å². The third kappa shape index (κ3) is 3.46. The molecular formula is C13H18BrNO2. The lowest BCUT2D eigenvalue weighted by Crippen LogP contribution is -2.43. The molecule has 4 heteroatoms. The van der Waals surface area contributed by atoms with Crippen LogP contribution < -0.4 is 4.90 Å². The molecule has 0 radical (unpaired) electrons. The number of hydrogen-bond donors (Lipinski definition) is 1. The SMILES string of the molecule is Cc1ccc(Br)cc1N(C)C(C)(C)CC(=O)O. The number of aliphatic carboxylic acids is 1. The molecule has 1 aromatic rings. The molecule has 1 rings (SSSR count). The van der Waals surface area contributed by atoms with Crippen LogP contribution in [0.3, 0.4) is 0 Å². The topological polar surface area (TPSA) is 40.5 Å². The van der Waals surface area contributed by atoms with Gasteiger partial charge in [-0.15, -0.1) is 0 Å². The molecule has 0 aliphatic heterocycles. The first-order chi connectivity index (χ1) is 7.74. The fourth-order valence-electron chi connectivity index (χ4n) is 1.76. The van der Waals surface area contributed by atoms with Crippen molar-refractivity contribution in [2.24, 2.45) is 0 Å². The first-order valence-electron chi connectivity index (χ1n) is 5.46. The van der Waals surface area contributed by atoms with E-state index in [1.54, 1.807) is 0 Å². The van der Waals surface area contributed by atoms with Crippen LogP contribution in [0.15, 0.2) is 22.7 Å². The van der Waals surface area contributed by atoms with Gasteiger partial charge in [0, 0.05) is 22.7 Å². The van der Waals surface area contributed by atoms with Crippen molar-refractivity contribution >= 4 is 27.6 Å². The quantitative estimate of drug-likeness (QED) is 0.926. The zero-order valence-electron chi connectivity index (χ0n) is 10.6. The van der Waals surface area contributed by atoms with E-state index < -0.39 is 11.5 Å². The maximum absolute atomic E-state index is 10.9. The van der Waals surface area contributed by atoms with Gasteiger partial charge in [-0.2, -0.15) is 0 Å². The van der Waals surface area contributed by atoms with Crippen LogP contribution in [0.4, 0.5) is 5.69 Å². The van der Waals surface area contributed by atoms with Crippen LogP contribution in [0.25, 0.3) is 0 Å². The van der Waals surface area contributed by atoms with E-state index in [9.17, 15) is 4.79 Å². The minimum absolute atomic E-state index is 0.107. The summed E-state index contributed by atoms with van der Waals surface area (Å²) in [5.74, 6) is -0.783. The van der Waals surface area contributed by atoms with Gasteiger partial charge in [0.2, 0.25) is 0 Å². The van der Waals surface area contributed by atoms with Crippen LogP contribution in [-0.4, -0.2) is 23.7 Å². The Balaban J connectivity index is 3.06. The monoisotopic (exact) mass is 299 g/mol. The number of aryl methyl sites for hydroxylation is 1. The Morgan fingerprint density at radius 3 is 2.59 bits per heavy atom. The van der Waals surface area contributed by atoms with Gasteiger partial charge in [0.1, 0.15) is 0 Å². The number of carboxylic acids is 1. The van der Waals surface area contributed by atoms with E-state index in [1.165, 1.54) is 0 Å². The summed E-state index contributed by atoms with van der Waals surface area (Å²) in [4.78, 5) is 12.9. The summed E-state index contributed by atoms with van der Waals surface area (Å²) in [7, 11) is 1.93. The second-order valence-corrected chi connectivity index (χ2v) is 5.79. The van der Waals surface area contributed by atoms with E-state index in [-0.39, 0.29) is 6.42 Å². The van der Waals surface area contributed by atoms with E-state index in [0.29, 0.717) is 0 Å². The summed E-state index contributed by atoms with van der Waals surface area (Å²) in [6.07, 6.45) is 0.107. The fourth-order valence-corrected chi connectivity index (χ4v) is 2.11. The molecule has 3 nitrogen and oxygen atoms in total. The number of benzene rings is 1. The Hall–Kier alpha value is -1.03. The lowest BCUT2D eigenvalue weighted by molar-refractivity contribution is -0.138. The number of anilines is 1. The molecule has 17 heavy (non-hydrogen) atoms. The highest BCUT2D eigenvalue weighted by Crippen LogP contribution is 2.30. The first-order valence-corrected chi connectivity index (χ1v) is 6.25. The van der Waals surface area contributed by atoms with Gasteiger partial charge < -0.3 is 10.0 Å². The molecule has 0 atom stereocenters. The second kappa shape index (κ2) is 5.08. The molecule has 1 aromatic carbocycles. The third-order valence-electron chi connectivity index (χ3n) is 3.02. The number of carboxylic acid groups (broad SMARTS) is 1. The van der Waals surface area contributed by atoms with Crippen LogP contribution in [0.2, 0.25) is 0 Å². The van der Waals surface area contributed by atoms with Crippen molar-refractivity contribution in [3.63, 3.8) is 0 Å². The van der Waals surface area contributed by atoms with E-state index >= 15 is 0 Å². The average molecular weight is 300 g/mol. The number of hydrogen-bond acceptors (Lipinski definition) is 2. The first kappa shape index (κ1) is 14.0. The standard InChI is InChI=1S/C13H18BrNO2/c1-9-5-6-10(14)7-11(9)15(4)13(2,3)8-12(16)17/h5-7H,8H2,1-4H3,(H,16,17). The molecule has 0 aliphatic rings. The van der Waals surface area contributed by atoms with Crippen molar-refractivity contribution in [2.45, 2.75) is 32.7 Å². The molecule has 0 saturated carbocycles. The number of nitrogens with zero attached hydrogens (tertiary/aromatic N) is 1. The fraction of sp³-hybridized carbons (Fsp3) is 0.462. The maximum atomic E-state index is 10.9. The predicted molar refractivity (Wildman–Crippen MR) is 73.6 cm³/mol. The van der Waals surface area contributed by atoms with E-state index in [2.05, 4.69) is 15.9 Å². The van der Waals surface area contributed by atoms with Gasteiger partial charge in [0.15, 0.2) is 0 Å². The Kier molecular flexibility index (Phi) is 4.20. The second-order valence-electron chi connectivity index (χ2n) is 4.87. The van der Waals surface area contributed by atoms with Gasteiger partial charge in [-0.25, -0.2) is 0 Å². The number of carbonyl (C=O) groups is 1. The Morgan fingerprint density at radius 2 is 2.06 bits per heavy atom. The number of rotatable bonds is 4. The third-order valence-corrected chi connectivity index (χ3v) is 3.52. The van der Waals surface area contributed by atoms with Gasteiger partial charge in [-0.05, 0) is 38.5 Å². The summed E-state index contributed by atoms with van der Waals surface area (Å²) in [5.41, 5.74) is 1.76. The van der Waals surface area contributed by atoms with Crippen LogP contribution >= 0.6 is 15.9 Å². The molecule has 94 valence electrons. The molecule has 0 saturated heterocycles. The molecule has 0 aromatic heterocycles. The van der Waals surface area contributed by atoms with Gasteiger partial charge in [0.05, 0.1) is 6.42 Å². The molecule has 0 amide bonds. The largest absolute Gasteiger partial charge is 0.481 e. The van der Waals surface area contributed by atoms with Crippen molar-refractivity contribution in [3.05, 3.63) is 28.2 Å². The van der Waals surface area contributed by atoms with Gasteiger partial charge in [-0.1, -0.05) is 22.0 Å². The van der Waals surface area contributed by atoms with Crippen LogP contribution in [0, 0.1) is 6.92 Å². The van der Waals surface area contributed by atoms with Gasteiger partial charge >= 0.3 is 5.97 Å². The summed E-state index contributed by atoms with van der Waals surface area (Å²) in [5, 5.41) is 8.93. The van der Waals surface area contributed by atoms with Crippen molar-refractivity contribution in [2.75, 3.05) is 11.9 Å². The van der Waals surface area contributed by atoms with Crippen LogP contribution in [-0.2, 0) is 4.79 Å². The molecular weight excluding hydrogens is 282 g/mol. The average Bonchev–Trinajstić information content (AvgIpc) is 2.18. The molecule has 0 heterocycles. The van der Waals surface area contributed by atoms with Crippen molar-refractivity contribution < 1.29 is 9.90 Å². The normalized spacial score (nSPS) is 11.4. The van der Waals surface area contributed by atoms with Gasteiger partial charge in [0.25, 0.3) is 0 Å². The molecule has 0 bridgehead atoms. The van der Waals surface area contributed by atoms with E-state index in [0.717, 1.165) is 15.7 Å². The Morgan fingerprint density at radius 1 is 1.47 bits per heavy atom. The van der Waals surface area contributed by atoms with E-state index in [4.69, 9.17) is 5.11 Å². The minimum atomic E-state index is -0.783. The Bertz CT molecular complexity index is 429. The summed E-state index contributed by atoms with van der Waals surface area (Å²) in [6, 6.07) is 6.02. The highest BCUT2D eigenvalue weighted by atomic mass is 79.9. The van der Waals surface area contributed by atoms with Crippen LogP contribution in [0.1, 0.15) is 25.8 Å². The lowest BCUT2D eigenvalue weighted by atomic mass is 9.97. The predicted octanol–water partition coefficient (Wildman–Crippen LogP) is 3.45. The van der Waals surface area contributed by atoms with Crippen molar-refractivity contribution in [1.82, 2.24) is 0 Å². The molecule has 0 spiro atoms. The zero-order valence-corrected chi connectivity index (χ0v) is 12.2. The lowest BCUT2D eigenvalue weighted by Gasteiger charge is -2.37. The minimum Gasteiger partial charge on any atom is -0.481 e. The molecule has 0 aliphatic carbocycles.